The van der Waals surface area contributed by atoms with Gasteiger partial charge in [0.25, 0.3) is 0 Å². The molecule has 224 valence electrons. The van der Waals surface area contributed by atoms with Crippen molar-refractivity contribution in [3.63, 3.8) is 0 Å². The van der Waals surface area contributed by atoms with Gasteiger partial charge in [0.2, 0.25) is 0 Å². The van der Waals surface area contributed by atoms with Crippen molar-refractivity contribution in [2.45, 2.75) is 34.0 Å². The van der Waals surface area contributed by atoms with Crippen LogP contribution >= 0.6 is 0 Å². The molecule has 0 aliphatic rings. The molecule has 1 unspecified atom stereocenters. The van der Waals surface area contributed by atoms with Gasteiger partial charge in [-0.2, -0.15) is 10.2 Å². The number of nitrogens with one attached hydrogen (secondary N) is 2. The van der Waals surface area contributed by atoms with Crippen LogP contribution in [0.2, 0.25) is 0 Å². The number of carbonyl (C=O) groups excluding carboxylic acids is 3. The normalized spacial score (nSPS) is 11.5. The van der Waals surface area contributed by atoms with Crippen LogP contribution < -0.4 is 18.9 Å². The van der Waals surface area contributed by atoms with E-state index in [2.05, 4.69) is 30.4 Å². The lowest BCUT2D eigenvalue weighted by molar-refractivity contribution is -0.133. The van der Waals surface area contributed by atoms with Crippen molar-refractivity contribution in [2.24, 2.45) is 0 Å². The van der Waals surface area contributed by atoms with Gasteiger partial charge in [0.1, 0.15) is 23.0 Å². The van der Waals surface area contributed by atoms with Crippen molar-refractivity contribution >= 4 is 17.9 Å². The van der Waals surface area contributed by atoms with Gasteiger partial charge in [0.05, 0.1) is 0 Å². The molecule has 3 N–H and O–H groups in total. The highest BCUT2D eigenvalue weighted by molar-refractivity contribution is 5.75. The largest absolute Gasteiger partial charge is 0.465 e. The SMILES string of the molecule is CC(=O)Oc1cc(OC(C)=O)cc(-c2nc(-c3cccc(-c4n[nH]c(-c5cc(OC(C)=O)cc(OC(C)O)c5)n4)c3)n[nH]2)c1. The summed E-state index contributed by atoms with van der Waals surface area (Å²) in [5.74, 6) is 0.686. The number of aliphatic hydroxyl groups is 1. The Bertz CT molecular complexity index is 1830. The van der Waals surface area contributed by atoms with Crippen molar-refractivity contribution in [3.05, 3.63) is 60.7 Å². The molecule has 0 amide bonds. The summed E-state index contributed by atoms with van der Waals surface area (Å²) in [6, 6.07) is 16.5. The molecule has 5 rings (SSSR count). The summed E-state index contributed by atoms with van der Waals surface area (Å²) in [7, 11) is 0. The van der Waals surface area contributed by atoms with Crippen LogP contribution in [-0.4, -0.2) is 59.7 Å². The first kappa shape index (κ1) is 29.6. The molecular formula is C30H26N6O8. The van der Waals surface area contributed by atoms with Crippen LogP contribution in [0.5, 0.6) is 23.0 Å². The van der Waals surface area contributed by atoms with E-state index in [1.807, 2.05) is 12.1 Å². The Labute approximate surface area is 250 Å². The zero-order chi connectivity index (χ0) is 31.4. The molecule has 2 aromatic heterocycles. The number of aromatic nitrogens is 6. The van der Waals surface area contributed by atoms with E-state index in [4.69, 9.17) is 18.9 Å². The van der Waals surface area contributed by atoms with E-state index in [0.717, 1.165) is 0 Å². The number of aromatic amines is 2. The molecule has 0 aliphatic carbocycles. The summed E-state index contributed by atoms with van der Waals surface area (Å²) < 4.78 is 21.0. The number of nitrogens with zero attached hydrogens (tertiary/aromatic N) is 4. The van der Waals surface area contributed by atoms with Gasteiger partial charge in [0, 0.05) is 55.2 Å². The van der Waals surface area contributed by atoms with Gasteiger partial charge in [-0.05, 0) is 37.3 Å². The van der Waals surface area contributed by atoms with Gasteiger partial charge in [0.15, 0.2) is 29.6 Å². The molecule has 2 heterocycles. The molecule has 5 aromatic rings. The highest BCUT2D eigenvalue weighted by atomic mass is 16.6. The third-order valence-electron chi connectivity index (χ3n) is 5.75. The summed E-state index contributed by atoms with van der Waals surface area (Å²) in [5, 5.41) is 24.0. The summed E-state index contributed by atoms with van der Waals surface area (Å²) in [6.07, 6.45) is -1.09. The number of hydrogen-bond acceptors (Lipinski definition) is 12. The van der Waals surface area contributed by atoms with E-state index in [1.165, 1.54) is 39.8 Å². The monoisotopic (exact) mass is 598 g/mol. The number of rotatable bonds is 9. The maximum absolute atomic E-state index is 11.5. The van der Waals surface area contributed by atoms with Crippen LogP contribution in [0.15, 0.2) is 60.7 Å². The van der Waals surface area contributed by atoms with Crippen molar-refractivity contribution in [1.82, 2.24) is 30.4 Å². The number of benzene rings is 3. The Balaban J connectivity index is 1.43. The van der Waals surface area contributed by atoms with E-state index in [9.17, 15) is 19.5 Å². The van der Waals surface area contributed by atoms with Crippen LogP contribution in [0, 0.1) is 0 Å². The molecule has 0 bridgehead atoms. The molecule has 0 aliphatic heterocycles. The number of ether oxygens (including phenoxy) is 4. The third kappa shape index (κ3) is 7.30. The van der Waals surface area contributed by atoms with Gasteiger partial charge in [-0.1, -0.05) is 18.2 Å². The molecule has 3 aromatic carbocycles. The highest BCUT2D eigenvalue weighted by Gasteiger charge is 2.16. The molecule has 0 fully saturated rings. The van der Waals surface area contributed by atoms with Crippen LogP contribution in [0.4, 0.5) is 0 Å². The van der Waals surface area contributed by atoms with Gasteiger partial charge in [-0.3, -0.25) is 24.6 Å². The minimum absolute atomic E-state index is 0.176. The smallest absolute Gasteiger partial charge is 0.308 e. The van der Waals surface area contributed by atoms with Gasteiger partial charge in [-0.15, -0.1) is 0 Å². The number of esters is 3. The minimum atomic E-state index is -1.09. The molecule has 0 saturated carbocycles. The molecule has 1 atom stereocenters. The molecular weight excluding hydrogens is 572 g/mol. The Kier molecular flexibility index (Phi) is 8.44. The van der Waals surface area contributed by atoms with Crippen LogP contribution in [0.1, 0.15) is 27.7 Å². The van der Waals surface area contributed by atoms with E-state index in [-0.39, 0.29) is 23.0 Å². The maximum atomic E-state index is 11.5. The van der Waals surface area contributed by atoms with E-state index in [1.54, 1.807) is 36.4 Å². The Morgan fingerprint density at radius 2 is 1.05 bits per heavy atom. The van der Waals surface area contributed by atoms with Gasteiger partial charge >= 0.3 is 17.9 Å². The maximum Gasteiger partial charge on any atom is 0.308 e. The molecule has 14 heteroatoms. The molecule has 14 nitrogen and oxygen atoms in total. The molecule has 0 radical (unpaired) electrons. The first-order chi connectivity index (χ1) is 21.0. The summed E-state index contributed by atoms with van der Waals surface area (Å²) in [6.45, 7) is 5.25. The third-order valence-corrected chi connectivity index (χ3v) is 5.75. The number of H-pyrrole nitrogens is 2. The summed E-state index contributed by atoms with van der Waals surface area (Å²) in [5.41, 5.74) is 2.29. The van der Waals surface area contributed by atoms with Crippen LogP contribution in [-0.2, 0) is 14.4 Å². The number of hydrogen-bond donors (Lipinski definition) is 3. The summed E-state index contributed by atoms with van der Waals surface area (Å²) in [4.78, 5) is 43.7. The van der Waals surface area contributed by atoms with Gasteiger partial charge < -0.3 is 24.1 Å². The van der Waals surface area contributed by atoms with E-state index in [0.29, 0.717) is 45.6 Å². The molecule has 0 spiro atoms. The average molecular weight is 599 g/mol. The Hall–Kier alpha value is -5.89. The number of carbonyl (C=O) groups is 3. The lowest BCUT2D eigenvalue weighted by atomic mass is 10.1. The zero-order valence-electron chi connectivity index (χ0n) is 23.9. The first-order valence-corrected chi connectivity index (χ1v) is 13.2. The van der Waals surface area contributed by atoms with Crippen molar-refractivity contribution in [1.29, 1.82) is 0 Å². The van der Waals surface area contributed by atoms with Gasteiger partial charge in [-0.25, -0.2) is 9.97 Å². The Morgan fingerprint density at radius 3 is 1.45 bits per heavy atom. The van der Waals surface area contributed by atoms with Crippen molar-refractivity contribution in [3.8, 4) is 68.5 Å². The number of aliphatic hydroxyl groups excluding tert-OH is 1. The van der Waals surface area contributed by atoms with Crippen molar-refractivity contribution < 1.29 is 38.4 Å². The lowest BCUT2D eigenvalue weighted by Crippen LogP contribution is -2.10. The first-order valence-electron chi connectivity index (χ1n) is 13.2. The van der Waals surface area contributed by atoms with E-state index >= 15 is 0 Å². The second kappa shape index (κ2) is 12.5. The predicted octanol–water partition coefficient (Wildman–Crippen LogP) is 4.08. The van der Waals surface area contributed by atoms with Crippen LogP contribution in [0.3, 0.4) is 0 Å². The molecule has 0 saturated heterocycles. The predicted molar refractivity (Wildman–Crippen MR) is 154 cm³/mol. The second-order valence-corrected chi connectivity index (χ2v) is 9.48. The Morgan fingerprint density at radius 1 is 0.636 bits per heavy atom. The lowest BCUT2D eigenvalue weighted by Gasteiger charge is -2.11. The van der Waals surface area contributed by atoms with E-state index < -0.39 is 24.2 Å². The topological polar surface area (TPSA) is 191 Å². The quantitative estimate of drug-likeness (QED) is 0.125. The standard InChI is InChI=1S/C30H26N6O8/c1-15(37)41-23-9-21(10-24(13-23)42-16(2)38)29-31-27(33-35-29)19-6-5-7-20(8-19)28-32-30(36-34-28)22-11-25(43-17(3)39)14-26(12-22)44-18(4)40/h5-15,37H,1-4H3,(H,31,33,35)(H,32,34,36). The fourth-order valence-corrected chi connectivity index (χ4v) is 4.19. The van der Waals surface area contributed by atoms with Crippen molar-refractivity contribution in [2.75, 3.05) is 0 Å². The minimum Gasteiger partial charge on any atom is -0.465 e. The van der Waals surface area contributed by atoms with Crippen LogP contribution in [0.25, 0.3) is 45.6 Å². The fourth-order valence-electron chi connectivity index (χ4n) is 4.19. The average Bonchev–Trinajstić information content (AvgIpc) is 3.62. The molecule has 44 heavy (non-hydrogen) atoms. The second-order valence-electron chi connectivity index (χ2n) is 9.48. The zero-order valence-corrected chi connectivity index (χ0v) is 23.9. The summed E-state index contributed by atoms with van der Waals surface area (Å²) >= 11 is 0. The highest BCUT2D eigenvalue weighted by Crippen LogP contribution is 2.32. The fraction of sp³-hybridized carbons (Fsp3) is 0.167.